The van der Waals surface area contributed by atoms with Crippen LogP contribution in [0.4, 0.5) is 13.2 Å². The summed E-state index contributed by atoms with van der Waals surface area (Å²) in [6.45, 7) is -0.0936. The Morgan fingerprint density at radius 1 is 1.30 bits per heavy atom. The summed E-state index contributed by atoms with van der Waals surface area (Å²) in [6, 6.07) is 0. The molecule has 0 aliphatic heterocycles. The van der Waals surface area contributed by atoms with Gasteiger partial charge in [0.15, 0.2) is 7.11 Å². The first-order chi connectivity index (χ1) is 9.40. The van der Waals surface area contributed by atoms with Gasteiger partial charge in [-0.25, -0.2) is 19.5 Å². The van der Waals surface area contributed by atoms with E-state index in [0.29, 0.717) is 16.7 Å². The van der Waals surface area contributed by atoms with Gasteiger partial charge in [0.1, 0.15) is 0 Å². The van der Waals surface area contributed by atoms with Crippen molar-refractivity contribution in [3.8, 4) is 5.95 Å². The molecule has 0 spiro atoms. The Morgan fingerprint density at radius 3 is 2.45 bits per heavy atom. The number of halogens is 3. The first-order valence-electron chi connectivity index (χ1n) is 5.32. The van der Waals surface area contributed by atoms with E-state index >= 15 is 0 Å². The summed E-state index contributed by atoms with van der Waals surface area (Å²) in [5.74, 6) is -0.0286. The zero-order chi connectivity index (χ0) is 14.8. The second-order valence-corrected chi connectivity index (χ2v) is 3.74. The zero-order valence-corrected chi connectivity index (χ0v) is 10.2. The van der Waals surface area contributed by atoms with Gasteiger partial charge in [-0.05, 0) is 0 Å². The third-order valence-electron chi connectivity index (χ3n) is 2.32. The SMILES string of the molecule is CO[N+](=O)Cc1cnc(-n2cc(C(F)(F)F)cn2)nc1. The Kier molecular flexibility index (Phi) is 3.63. The van der Waals surface area contributed by atoms with Crippen LogP contribution >= 0.6 is 0 Å². The second kappa shape index (κ2) is 5.23. The third-order valence-corrected chi connectivity index (χ3v) is 2.32. The van der Waals surface area contributed by atoms with Crippen molar-refractivity contribution < 1.29 is 22.9 Å². The van der Waals surface area contributed by atoms with E-state index in [9.17, 15) is 18.1 Å². The molecule has 0 N–H and O–H groups in total. The van der Waals surface area contributed by atoms with E-state index in [-0.39, 0.29) is 12.5 Å². The van der Waals surface area contributed by atoms with E-state index in [2.05, 4.69) is 19.9 Å². The molecule has 0 saturated heterocycles. The van der Waals surface area contributed by atoms with Gasteiger partial charge < -0.3 is 0 Å². The lowest BCUT2D eigenvalue weighted by molar-refractivity contribution is -0.807. The van der Waals surface area contributed by atoms with Crippen LogP contribution in [0.15, 0.2) is 24.8 Å². The summed E-state index contributed by atoms with van der Waals surface area (Å²) in [5, 5.41) is 3.53. The molecule has 2 rings (SSSR count). The lowest BCUT2D eigenvalue weighted by atomic mass is 10.3. The van der Waals surface area contributed by atoms with Gasteiger partial charge >= 0.3 is 6.18 Å². The summed E-state index contributed by atoms with van der Waals surface area (Å²) < 4.78 is 38.1. The van der Waals surface area contributed by atoms with Crippen LogP contribution in [0.25, 0.3) is 5.95 Å². The number of aromatic nitrogens is 4. The van der Waals surface area contributed by atoms with Crippen molar-refractivity contribution >= 4 is 0 Å². The molecular formula is C10H9F3N5O2+. The fraction of sp³-hybridized carbons (Fsp3) is 0.300. The molecule has 2 aromatic heterocycles. The highest BCUT2D eigenvalue weighted by Gasteiger charge is 2.32. The van der Waals surface area contributed by atoms with Crippen LogP contribution in [0, 0.1) is 4.91 Å². The van der Waals surface area contributed by atoms with Gasteiger partial charge in [-0.1, -0.05) is 0 Å². The number of hydrogen-bond donors (Lipinski definition) is 0. The van der Waals surface area contributed by atoms with Gasteiger partial charge in [0.2, 0.25) is 10.9 Å². The predicted molar refractivity (Wildman–Crippen MR) is 58.5 cm³/mol. The van der Waals surface area contributed by atoms with Gasteiger partial charge in [-0.3, -0.25) is 0 Å². The average Bonchev–Trinajstić information content (AvgIpc) is 2.89. The minimum absolute atomic E-state index is 0.0286. The topological polar surface area (TPSA) is 72.9 Å². The van der Waals surface area contributed by atoms with Crippen LogP contribution in [-0.4, -0.2) is 31.8 Å². The summed E-state index contributed by atoms with van der Waals surface area (Å²) in [7, 11) is 1.21. The molecule has 106 valence electrons. The summed E-state index contributed by atoms with van der Waals surface area (Å²) in [5.41, 5.74) is -0.441. The molecule has 7 nitrogen and oxygen atoms in total. The summed E-state index contributed by atoms with van der Waals surface area (Å²) >= 11 is 0. The van der Waals surface area contributed by atoms with Gasteiger partial charge in [0.05, 0.1) is 22.2 Å². The molecule has 0 radical (unpaired) electrons. The standard InChI is InChI=1S/C10H9F3N5O2/c1-20-18(19)5-7-2-14-9(15-3-7)17-6-8(4-16-17)10(11,12)13/h2-4,6H,5H2,1H3/q+1. The molecule has 10 heteroatoms. The van der Waals surface area contributed by atoms with Crippen LogP contribution in [0.2, 0.25) is 0 Å². The van der Waals surface area contributed by atoms with E-state index in [0.717, 1.165) is 10.9 Å². The molecule has 0 atom stereocenters. The second-order valence-electron chi connectivity index (χ2n) is 3.74. The molecule has 0 aliphatic rings. The van der Waals surface area contributed by atoms with Gasteiger partial charge in [0.25, 0.3) is 6.54 Å². The Balaban J connectivity index is 2.18. The molecule has 0 aliphatic carbocycles. The minimum atomic E-state index is -4.47. The van der Waals surface area contributed by atoms with Gasteiger partial charge in [-0.2, -0.15) is 18.3 Å². The third kappa shape index (κ3) is 3.08. The van der Waals surface area contributed by atoms with Crippen molar-refractivity contribution in [2.75, 3.05) is 7.11 Å². The maximum absolute atomic E-state index is 12.4. The highest BCUT2D eigenvalue weighted by Crippen LogP contribution is 2.28. The van der Waals surface area contributed by atoms with Crippen LogP contribution in [-0.2, 0) is 17.6 Å². The van der Waals surface area contributed by atoms with Crippen molar-refractivity contribution in [1.29, 1.82) is 0 Å². The smallest absolute Gasteiger partial charge is 0.235 e. The molecule has 0 amide bonds. The van der Waals surface area contributed by atoms with Gasteiger partial charge in [0, 0.05) is 18.6 Å². The summed E-state index contributed by atoms with van der Waals surface area (Å²) in [6.07, 6.45) is -0.395. The lowest BCUT2D eigenvalue weighted by Gasteiger charge is -2.01. The molecule has 0 saturated carbocycles. The molecule has 0 bridgehead atoms. The Bertz CT molecular complexity index is 608. The van der Waals surface area contributed by atoms with E-state index in [1.165, 1.54) is 19.5 Å². The van der Waals surface area contributed by atoms with E-state index in [1.807, 2.05) is 0 Å². The fourth-order valence-corrected chi connectivity index (χ4v) is 1.34. The van der Waals surface area contributed by atoms with Crippen molar-refractivity contribution in [3.63, 3.8) is 0 Å². The Morgan fingerprint density at radius 2 is 1.95 bits per heavy atom. The molecule has 20 heavy (non-hydrogen) atoms. The maximum Gasteiger partial charge on any atom is 0.419 e. The van der Waals surface area contributed by atoms with Gasteiger partial charge in [-0.15, -0.1) is 0 Å². The number of hydrogen-bond acceptors (Lipinski definition) is 5. The van der Waals surface area contributed by atoms with Crippen LogP contribution in [0.1, 0.15) is 11.1 Å². The largest absolute Gasteiger partial charge is 0.419 e. The maximum atomic E-state index is 12.4. The van der Waals surface area contributed by atoms with E-state index in [1.54, 1.807) is 0 Å². The zero-order valence-electron chi connectivity index (χ0n) is 10.2. The highest BCUT2D eigenvalue weighted by atomic mass is 19.4. The molecule has 0 aromatic carbocycles. The molecular weight excluding hydrogens is 279 g/mol. The van der Waals surface area contributed by atoms with Crippen molar-refractivity contribution in [1.82, 2.24) is 19.7 Å². The predicted octanol–water partition coefficient (Wildman–Crippen LogP) is 1.52. The lowest BCUT2D eigenvalue weighted by Crippen LogP contribution is -2.08. The monoisotopic (exact) mass is 288 g/mol. The van der Waals surface area contributed by atoms with Crippen LogP contribution in [0.5, 0.6) is 0 Å². The molecule has 0 unspecified atom stereocenters. The van der Waals surface area contributed by atoms with Crippen LogP contribution < -0.4 is 0 Å². The quantitative estimate of drug-likeness (QED) is 0.797. The van der Waals surface area contributed by atoms with Crippen LogP contribution in [0.3, 0.4) is 0 Å². The minimum Gasteiger partial charge on any atom is -0.235 e. The highest BCUT2D eigenvalue weighted by molar-refractivity contribution is 5.17. The first-order valence-corrected chi connectivity index (χ1v) is 5.32. The Hall–Kier alpha value is -2.52. The number of nitrogens with zero attached hydrogens (tertiary/aromatic N) is 5. The van der Waals surface area contributed by atoms with Crippen molar-refractivity contribution in [2.45, 2.75) is 12.7 Å². The van der Waals surface area contributed by atoms with Crippen molar-refractivity contribution in [3.05, 3.63) is 40.8 Å². The molecule has 0 fully saturated rings. The normalized spacial score (nSPS) is 11.4. The molecule has 2 heterocycles. The average molecular weight is 288 g/mol. The van der Waals surface area contributed by atoms with E-state index in [4.69, 9.17) is 0 Å². The fourth-order valence-electron chi connectivity index (χ4n) is 1.34. The summed E-state index contributed by atoms with van der Waals surface area (Å²) in [4.78, 5) is 23.3. The van der Waals surface area contributed by atoms with E-state index < -0.39 is 11.7 Å². The Labute approximate surface area is 110 Å². The first kappa shape index (κ1) is 13.9. The number of rotatable bonds is 4. The van der Waals surface area contributed by atoms with Crippen molar-refractivity contribution in [2.24, 2.45) is 0 Å². The molecule has 2 aromatic rings. The number of alkyl halides is 3.